The fourth-order valence-corrected chi connectivity index (χ4v) is 0.906. The fraction of sp³-hybridized carbons (Fsp3) is 1.00. The third-order valence-electron chi connectivity index (χ3n) is 1.38. The van der Waals surface area contributed by atoms with Gasteiger partial charge in [0.15, 0.2) is 0 Å². The van der Waals surface area contributed by atoms with Crippen LogP contribution in [0.4, 0.5) is 0 Å². The lowest BCUT2D eigenvalue weighted by Gasteiger charge is -2.14. The molecule has 0 spiro atoms. The molecule has 72 valence electrons. The van der Waals surface area contributed by atoms with Crippen LogP contribution < -0.4 is 10.7 Å². The molecule has 0 aromatic carbocycles. The monoisotopic (exact) mass is 176 g/mol. The molecule has 0 amide bonds. The van der Waals surface area contributed by atoms with Gasteiger partial charge >= 0.3 is 0 Å². The highest BCUT2D eigenvalue weighted by Gasteiger charge is 2.08. The molecule has 0 rings (SSSR count). The van der Waals surface area contributed by atoms with Gasteiger partial charge in [-0.15, -0.1) is 5.43 Å². The Bertz CT molecular complexity index is 134. The van der Waals surface area contributed by atoms with Gasteiger partial charge in [0, 0.05) is 0 Å². The van der Waals surface area contributed by atoms with Crippen molar-refractivity contribution in [3.8, 4) is 0 Å². The Kier molecular flexibility index (Phi) is 6.08. The van der Waals surface area contributed by atoms with E-state index in [0.717, 1.165) is 19.4 Å². The molecule has 3 N–H and O–H groups in total. The fourth-order valence-electron chi connectivity index (χ4n) is 0.906. The number of hydrazine groups is 1. The lowest BCUT2D eigenvalue weighted by molar-refractivity contribution is -0.618. The molecule has 1 atom stereocenters. The molecule has 12 heavy (non-hydrogen) atoms. The Morgan fingerprint density at radius 1 is 1.58 bits per heavy atom. The molecule has 6 heteroatoms. The Morgan fingerprint density at radius 3 is 2.67 bits per heavy atom. The molecule has 0 radical (unpaired) electrons. The first kappa shape index (κ1) is 11.0. The van der Waals surface area contributed by atoms with Gasteiger partial charge in [0.25, 0.3) is 0 Å². The number of nitrogens with one attached hydrogen (secondary N) is 2. The third kappa shape index (κ3) is 4.73. The van der Waals surface area contributed by atoms with E-state index >= 15 is 0 Å². The maximum Gasteiger partial charge on any atom is 0.230 e. The van der Waals surface area contributed by atoms with Gasteiger partial charge in [-0.3, -0.25) is 5.32 Å². The van der Waals surface area contributed by atoms with Crippen molar-refractivity contribution in [2.45, 2.75) is 32.9 Å². The first-order chi connectivity index (χ1) is 5.74. The number of rotatable bonds is 6. The molecule has 0 fully saturated rings. The van der Waals surface area contributed by atoms with Gasteiger partial charge in [-0.25, -0.2) is 0 Å². The second-order valence-electron chi connectivity index (χ2n) is 2.39. The summed E-state index contributed by atoms with van der Waals surface area (Å²) in [5.41, 5.74) is 2.42. The molecule has 0 saturated carbocycles. The quantitative estimate of drug-likeness (QED) is 0.239. The molecule has 0 aliphatic rings. The van der Waals surface area contributed by atoms with E-state index in [-0.39, 0.29) is 11.1 Å². The van der Waals surface area contributed by atoms with Crippen LogP contribution in [-0.2, 0) is 0 Å². The van der Waals surface area contributed by atoms with Crippen LogP contribution in [0.5, 0.6) is 0 Å². The topological polar surface area (TPSA) is 82.7 Å². The molecule has 0 saturated heterocycles. The third-order valence-corrected chi connectivity index (χ3v) is 1.38. The van der Waals surface area contributed by atoms with Crippen LogP contribution in [0, 0.1) is 5.21 Å². The zero-order valence-electron chi connectivity index (χ0n) is 7.45. The van der Waals surface area contributed by atoms with Crippen molar-refractivity contribution in [2.24, 2.45) is 5.28 Å². The maximum absolute atomic E-state index is 10.5. The smallest absolute Gasteiger partial charge is 0.230 e. The van der Waals surface area contributed by atoms with Gasteiger partial charge in [0.05, 0.1) is 4.97 Å². The van der Waals surface area contributed by atoms with Crippen molar-refractivity contribution in [2.75, 3.05) is 6.54 Å². The van der Waals surface area contributed by atoms with E-state index in [4.69, 9.17) is 5.21 Å². The van der Waals surface area contributed by atoms with Crippen LogP contribution in [0.2, 0.25) is 0 Å². The summed E-state index contributed by atoms with van der Waals surface area (Å²) in [5.74, 6) is 0. The van der Waals surface area contributed by atoms with E-state index in [1.54, 1.807) is 0 Å². The highest BCUT2D eigenvalue weighted by Crippen LogP contribution is 1.92. The Balaban J connectivity index is 3.77. The van der Waals surface area contributed by atoms with Gasteiger partial charge in [0.2, 0.25) is 5.28 Å². The van der Waals surface area contributed by atoms with Crippen LogP contribution in [0.15, 0.2) is 5.28 Å². The van der Waals surface area contributed by atoms with E-state index in [1.165, 1.54) is 0 Å². The molecule has 0 bridgehead atoms. The second-order valence-corrected chi connectivity index (χ2v) is 2.39. The zero-order valence-corrected chi connectivity index (χ0v) is 7.45. The Morgan fingerprint density at radius 2 is 2.25 bits per heavy atom. The summed E-state index contributed by atoms with van der Waals surface area (Å²) >= 11 is 0. The highest BCUT2D eigenvalue weighted by atomic mass is 16.6. The van der Waals surface area contributed by atoms with Crippen molar-refractivity contribution in [1.29, 1.82) is 0 Å². The summed E-state index contributed by atoms with van der Waals surface area (Å²) in [7, 11) is 0. The van der Waals surface area contributed by atoms with Gasteiger partial charge in [0.1, 0.15) is 6.17 Å². The second kappa shape index (κ2) is 6.66. The summed E-state index contributed by atoms with van der Waals surface area (Å²) in [6.45, 7) is 4.71. The molecular weight excluding hydrogens is 160 g/mol. The van der Waals surface area contributed by atoms with Gasteiger partial charge in [-0.2, -0.15) is 0 Å². The molecule has 0 aliphatic heterocycles. The van der Waals surface area contributed by atoms with E-state index < -0.39 is 0 Å². The maximum atomic E-state index is 10.5. The van der Waals surface area contributed by atoms with Gasteiger partial charge in [-0.05, 0) is 13.0 Å². The summed E-state index contributed by atoms with van der Waals surface area (Å²) in [5, 5.41) is 24.0. The summed E-state index contributed by atoms with van der Waals surface area (Å²) in [6.07, 6.45) is 1.62. The Hall–Kier alpha value is -1.04. The Labute approximate surface area is 71.8 Å². The van der Waals surface area contributed by atoms with Crippen molar-refractivity contribution >= 4 is 0 Å². The average molecular weight is 176 g/mol. The lowest BCUT2D eigenvalue weighted by atomic mass is 10.3. The lowest BCUT2D eigenvalue weighted by Crippen LogP contribution is -2.45. The van der Waals surface area contributed by atoms with Crippen molar-refractivity contribution in [3.63, 3.8) is 0 Å². The van der Waals surface area contributed by atoms with Crippen molar-refractivity contribution in [3.05, 3.63) is 5.21 Å². The van der Waals surface area contributed by atoms with Crippen LogP contribution in [-0.4, -0.2) is 22.9 Å². The normalized spacial score (nSPS) is 14.3. The van der Waals surface area contributed by atoms with Crippen LogP contribution >= 0.6 is 0 Å². The van der Waals surface area contributed by atoms with E-state index in [1.807, 2.05) is 13.8 Å². The molecule has 0 aromatic heterocycles. The van der Waals surface area contributed by atoms with E-state index in [9.17, 15) is 5.21 Å². The number of hydrogen-bond donors (Lipinski definition) is 3. The van der Waals surface area contributed by atoms with Crippen LogP contribution in [0.3, 0.4) is 0 Å². The molecule has 0 heterocycles. The minimum atomic E-state index is -0.131. The summed E-state index contributed by atoms with van der Waals surface area (Å²) < 4.78 is 0. The van der Waals surface area contributed by atoms with Crippen molar-refractivity contribution in [1.82, 2.24) is 10.7 Å². The minimum absolute atomic E-state index is 0.0446. The van der Waals surface area contributed by atoms with Gasteiger partial charge in [-0.1, -0.05) is 20.3 Å². The largest absolute Gasteiger partial charge is 0.569 e. The van der Waals surface area contributed by atoms with Crippen LogP contribution in [0.25, 0.3) is 0 Å². The first-order valence-corrected chi connectivity index (χ1v) is 4.06. The average Bonchev–Trinajstić information content (AvgIpc) is 2.05. The number of nitrogens with zero attached hydrogens (tertiary/aromatic N) is 2. The van der Waals surface area contributed by atoms with E-state index in [2.05, 4.69) is 16.0 Å². The predicted molar refractivity (Wildman–Crippen MR) is 43.4 cm³/mol. The molecule has 1 unspecified atom stereocenters. The minimum Gasteiger partial charge on any atom is -0.569 e. The first-order valence-electron chi connectivity index (χ1n) is 4.06. The standard InChI is InChI=1S/C6H16N4O2/c1-3-5-6(7-4-2)8-10(12)9-11/h6-7,11H,3-5H2,1-2H3,(H,8,9). The predicted octanol–water partition coefficient (Wildman–Crippen LogP) is 0.578. The number of hydrogen-bond acceptors (Lipinski definition) is 3. The highest BCUT2D eigenvalue weighted by molar-refractivity contribution is 4.55. The molecule has 0 aliphatic carbocycles. The SMILES string of the molecule is CCCC(NCC)N[N+]([O-])=NO. The van der Waals surface area contributed by atoms with Crippen molar-refractivity contribution < 1.29 is 10.2 Å². The summed E-state index contributed by atoms with van der Waals surface area (Å²) in [4.78, 5) is 0.0446. The molecule has 0 aromatic rings. The molecular formula is C6H16N4O2. The van der Waals surface area contributed by atoms with E-state index in [0.29, 0.717) is 0 Å². The zero-order chi connectivity index (χ0) is 9.40. The van der Waals surface area contributed by atoms with Gasteiger partial charge < -0.3 is 10.4 Å². The van der Waals surface area contributed by atoms with Crippen LogP contribution in [0.1, 0.15) is 26.7 Å². The summed E-state index contributed by atoms with van der Waals surface area (Å²) in [6, 6.07) is 0. The molecule has 6 nitrogen and oxygen atoms in total.